The Labute approximate surface area is 115 Å². The van der Waals surface area contributed by atoms with E-state index < -0.39 is 0 Å². The Morgan fingerprint density at radius 2 is 1.83 bits per heavy atom. The number of thioether (sulfide) groups is 1. The zero-order chi connectivity index (χ0) is 13.5. The zero-order valence-corrected chi connectivity index (χ0v) is 12.6. The van der Waals surface area contributed by atoms with E-state index in [1.165, 1.54) is 5.56 Å². The first kappa shape index (κ1) is 15.3. The number of carbonyl (C=O) groups excluding carboxylic acids is 1. The van der Waals surface area contributed by atoms with Gasteiger partial charge in [0.15, 0.2) is 5.78 Å². The molecule has 2 nitrogen and oxygen atoms in total. The summed E-state index contributed by atoms with van der Waals surface area (Å²) >= 11 is 1.70. The molecule has 0 aliphatic rings. The molecule has 0 saturated carbocycles. The number of nitrogens with zero attached hydrogens (tertiary/aromatic N) is 1. The standard InChI is InChI=1S/C15H23NOS/c1-12(2)13-5-7-14(8-6-13)15(17)11-18-10-9-16(3)4/h5-8,12H,9-11H2,1-4H3. The van der Waals surface area contributed by atoms with Crippen molar-refractivity contribution in [1.29, 1.82) is 0 Å². The summed E-state index contributed by atoms with van der Waals surface area (Å²) in [6.45, 7) is 5.34. The molecule has 3 heteroatoms. The minimum Gasteiger partial charge on any atom is -0.309 e. The number of benzene rings is 1. The third-order valence-corrected chi connectivity index (χ3v) is 3.75. The molecule has 100 valence electrons. The summed E-state index contributed by atoms with van der Waals surface area (Å²) in [4.78, 5) is 14.1. The maximum atomic E-state index is 11.9. The SMILES string of the molecule is CC(C)c1ccc(C(=O)CSCCN(C)C)cc1. The van der Waals surface area contributed by atoms with Gasteiger partial charge in [0.2, 0.25) is 0 Å². The number of hydrogen-bond acceptors (Lipinski definition) is 3. The molecule has 0 spiro atoms. The topological polar surface area (TPSA) is 20.3 Å². The van der Waals surface area contributed by atoms with Gasteiger partial charge in [-0.05, 0) is 25.6 Å². The molecule has 0 N–H and O–H groups in total. The molecule has 0 heterocycles. The average molecular weight is 265 g/mol. The van der Waals surface area contributed by atoms with Crippen molar-refractivity contribution in [3.8, 4) is 0 Å². The molecule has 1 aromatic rings. The second-order valence-electron chi connectivity index (χ2n) is 5.06. The van der Waals surface area contributed by atoms with Crippen molar-refractivity contribution in [2.45, 2.75) is 19.8 Å². The molecule has 0 atom stereocenters. The summed E-state index contributed by atoms with van der Waals surface area (Å²) in [5.74, 6) is 2.33. The van der Waals surface area contributed by atoms with Gasteiger partial charge >= 0.3 is 0 Å². The fourth-order valence-electron chi connectivity index (χ4n) is 1.55. The maximum Gasteiger partial charge on any atom is 0.172 e. The Morgan fingerprint density at radius 3 is 2.33 bits per heavy atom. The molecule has 18 heavy (non-hydrogen) atoms. The highest BCUT2D eigenvalue weighted by Gasteiger charge is 2.06. The van der Waals surface area contributed by atoms with Crippen LogP contribution in [0.3, 0.4) is 0 Å². The molecule has 1 aromatic carbocycles. The van der Waals surface area contributed by atoms with Crippen LogP contribution in [-0.4, -0.2) is 42.8 Å². The van der Waals surface area contributed by atoms with Gasteiger partial charge in [0.1, 0.15) is 0 Å². The highest BCUT2D eigenvalue weighted by Crippen LogP contribution is 2.15. The largest absolute Gasteiger partial charge is 0.309 e. The van der Waals surface area contributed by atoms with Crippen molar-refractivity contribution in [3.63, 3.8) is 0 Å². The van der Waals surface area contributed by atoms with Crippen LogP contribution in [0.5, 0.6) is 0 Å². The number of ketones is 1. The Balaban J connectivity index is 2.42. The highest BCUT2D eigenvalue weighted by molar-refractivity contribution is 8.00. The molecule has 0 saturated heterocycles. The minimum atomic E-state index is 0.231. The fourth-order valence-corrected chi connectivity index (χ4v) is 2.54. The molecule has 0 fully saturated rings. The van der Waals surface area contributed by atoms with E-state index in [4.69, 9.17) is 0 Å². The van der Waals surface area contributed by atoms with E-state index in [0.717, 1.165) is 17.9 Å². The minimum absolute atomic E-state index is 0.231. The van der Waals surface area contributed by atoms with Crippen LogP contribution in [0.1, 0.15) is 35.7 Å². The Morgan fingerprint density at radius 1 is 1.22 bits per heavy atom. The number of carbonyl (C=O) groups is 1. The van der Waals surface area contributed by atoms with E-state index in [1.807, 2.05) is 26.2 Å². The van der Waals surface area contributed by atoms with Gasteiger partial charge in [-0.2, -0.15) is 11.8 Å². The van der Waals surface area contributed by atoms with Gasteiger partial charge in [0.05, 0.1) is 5.75 Å². The van der Waals surface area contributed by atoms with E-state index in [9.17, 15) is 4.79 Å². The molecule has 0 aromatic heterocycles. The van der Waals surface area contributed by atoms with E-state index in [1.54, 1.807) is 11.8 Å². The first-order valence-electron chi connectivity index (χ1n) is 6.36. The lowest BCUT2D eigenvalue weighted by atomic mass is 10.0. The van der Waals surface area contributed by atoms with Gasteiger partial charge in [-0.1, -0.05) is 38.1 Å². The summed E-state index contributed by atoms with van der Waals surface area (Å²) in [6.07, 6.45) is 0. The monoisotopic (exact) mass is 265 g/mol. The Bertz CT molecular complexity index is 371. The summed E-state index contributed by atoms with van der Waals surface area (Å²) in [5.41, 5.74) is 2.11. The highest BCUT2D eigenvalue weighted by atomic mass is 32.2. The lowest BCUT2D eigenvalue weighted by molar-refractivity contribution is 0.102. The van der Waals surface area contributed by atoms with Crippen LogP contribution in [0.25, 0.3) is 0 Å². The van der Waals surface area contributed by atoms with Crippen LogP contribution in [0.2, 0.25) is 0 Å². The van der Waals surface area contributed by atoms with Crippen molar-refractivity contribution >= 4 is 17.5 Å². The molecule has 1 rings (SSSR count). The van der Waals surface area contributed by atoms with E-state index in [2.05, 4.69) is 30.9 Å². The zero-order valence-electron chi connectivity index (χ0n) is 11.8. The van der Waals surface area contributed by atoms with Crippen LogP contribution in [0.15, 0.2) is 24.3 Å². The number of rotatable bonds is 7. The third-order valence-electron chi connectivity index (χ3n) is 2.82. The Hall–Kier alpha value is -0.800. The summed E-state index contributed by atoms with van der Waals surface area (Å²) in [5, 5.41) is 0. The van der Waals surface area contributed by atoms with Crippen molar-refractivity contribution in [3.05, 3.63) is 35.4 Å². The second-order valence-corrected chi connectivity index (χ2v) is 6.16. The smallest absolute Gasteiger partial charge is 0.172 e. The summed E-state index contributed by atoms with van der Waals surface area (Å²) < 4.78 is 0. The van der Waals surface area contributed by atoms with E-state index in [0.29, 0.717) is 11.7 Å². The molecule has 0 radical (unpaired) electrons. The van der Waals surface area contributed by atoms with Crippen LogP contribution in [0.4, 0.5) is 0 Å². The van der Waals surface area contributed by atoms with Crippen LogP contribution >= 0.6 is 11.8 Å². The Kier molecular flexibility index (Phi) is 6.44. The summed E-state index contributed by atoms with van der Waals surface area (Å²) in [6, 6.07) is 8.01. The average Bonchev–Trinajstić information content (AvgIpc) is 2.34. The second kappa shape index (κ2) is 7.59. The van der Waals surface area contributed by atoms with E-state index in [-0.39, 0.29) is 5.78 Å². The fraction of sp³-hybridized carbons (Fsp3) is 0.533. The van der Waals surface area contributed by atoms with Gasteiger partial charge in [-0.3, -0.25) is 4.79 Å². The van der Waals surface area contributed by atoms with Crippen LogP contribution in [-0.2, 0) is 0 Å². The number of Topliss-reactive ketones (excluding diaryl/α,β-unsaturated/α-hetero) is 1. The van der Waals surface area contributed by atoms with Gasteiger partial charge < -0.3 is 4.90 Å². The number of hydrogen-bond donors (Lipinski definition) is 0. The lowest BCUT2D eigenvalue weighted by Crippen LogP contribution is -2.15. The molecular formula is C15H23NOS. The normalized spacial score (nSPS) is 11.2. The van der Waals surface area contributed by atoms with E-state index >= 15 is 0 Å². The van der Waals surface area contributed by atoms with Crippen molar-refractivity contribution in [2.75, 3.05) is 32.1 Å². The predicted octanol–water partition coefficient (Wildman–Crippen LogP) is 3.29. The molecule has 0 aliphatic heterocycles. The van der Waals surface area contributed by atoms with Crippen LogP contribution < -0.4 is 0 Å². The summed E-state index contributed by atoms with van der Waals surface area (Å²) in [7, 11) is 4.10. The predicted molar refractivity (Wildman–Crippen MR) is 80.7 cm³/mol. The van der Waals surface area contributed by atoms with Crippen molar-refractivity contribution in [2.24, 2.45) is 0 Å². The molecule has 0 amide bonds. The van der Waals surface area contributed by atoms with Crippen LogP contribution in [0, 0.1) is 0 Å². The quantitative estimate of drug-likeness (QED) is 0.557. The van der Waals surface area contributed by atoms with Gasteiger partial charge in [-0.25, -0.2) is 0 Å². The maximum absolute atomic E-state index is 11.9. The third kappa shape index (κ3) is 5.23. The first-order chi connectivity index (χ1) is 8.50. The molecule has 0 unspecified atom stereocenters. The van der Waals surface area contributed by atoms with Gasteiger partial charge in [0.25, 0.3) is 0 Å². The van der Waals surface area contributed by atoms with Crippen molar-refractivity contribution in [1.82, 2.24) is 4.90 Å². The van der Waals surface area contributed by atoms with Gasteiger partial charge in [-0.15, -0.1) is 0 Å². The van der Waals surface area contributed by atoms with Gasteiger partial charge in [0, 0.05) is 17.9 Å². The first-order valence-corrected chi connectivity index (χ1v) is 7.52. The molecule has 0 bridgehead atoms. The lowest BCUT2D eigenvalue weighted by Gasteiger charge is -2.09. The molecule has 0 aliphatic carbocycles. The van der Waals surface area contributed by atoms with Crippen molar-refractivity contribution < 1.29 is 4.79 Å². The molecular weight excluding hydrogens is 242 g/mol.